The Kier molecular flexibility index (Phi) is 7.81. The van der Waals surface area contributed by atoms with Crippen LogP contribution in [0.2, 0.25) is 5.02 Å². The van der Waals surface area contributed by atoms with Gasteiger partial charge >= 0.3 is 0 Å². The molecule has 0 aliphatic rings. The second kappa shape index (κ2) is 8.83. The first-order chi connectivity index (χ1) is 9.13. The Morgan fingerprint density at radius 1 is 1.21 bits per heavy atom. The number of alkyl halides is 1. The van der Waals surface area contributed by atoms with Crippen LogP contribution in [0.4, 0.5) is 0 Å². The molecule has 0 aromatic carbocycles. The van der Waals surface area contributed by atoms with Crippen LogP contribution in [0.25, 0.3) is 0 Å². The van der Waals surface area contributed by atoms with Gasteiger partial charge in [0.1, 0.15) is 0 Å². The highest BCUT2D eigenvalue weighted by Gasteiger charge is 2.15. The Balaban J connectivity index is 2.57. The standard InChI is InChI=1S/C14H25Cl2N3/c1-4-12-14(16)13(19(5-2)17-12)11-18(3)10-8-6-7-9-15/h4-11H2,1-3H3. The Hall–Kier alpha value is -0.250. The molecule has 0 bridgehead atoms. The number of unbranched alkanes of at least 4 members (excludes halogenated alkanes) is 2. The molecule has 1 aromatic rings. The molecule has 1 aromatic heterocycles. The quantitative estimate of drug-likeness (QED) is 0.508. The predicted octanol–water partition coefficient (Wildman–Crippen LogP) is 3.96. The van der Waals surface area contributed by atoms with Gasteiger partial charge in [0.05, 0.1) is 16.4 Å². The Morgan fingerprint density at radius 3 is 2.53 bits per heavy atom. The lowest BCUT2D eigenvalue weighted by atomic mass is 10.2. The molecule has 0 spiro atoms. The van der Waals surface area contributed by atoms with Crippen LogP contribution < -0.4 is 0 Å². The van der Waals surface area contributed by atoms with Gasteiger partial charge in [-0.3, -0.25) is 4.68 Å². The molecule has 0 saturated heterocycles. The summed E-state index contributed by atoms with van der Waals surface area (Å²) in [4.78, 5) is 2.31. The van der Waals surface area contributed by atoms with Crippen LogP contribution in [0.5, 0.6) is 0 Å². The normalized spacial score (nSPS) is 11.5. The van der Waals surface area contributed by atoms with Gasteiger partial charge in [0.15, 0.2) is 0 Å². The van der Waals surface area contributed by atoms with Crippen molar-refractivity contribution in [3.63, 3.8) is 0 Å². The zero-order valence-corrected chi connectivity index (χ0v) is 13.8. The predicted molar refractivity (Wildman–Crippen MR) is 83.2 cm³/mol. The lowest BCUT2D eigenvalue weighted by molar-refractivity contribution is 0.307. The number of aryl methyl sites for hydroxylation is 2. The van der Waals surface area contributed by atoms with E-state index < -0.39 is 0 Å². The van der Waals surface area contributed by atoms with Crippen LogP contribution in [0, 0.1) is 0 Å². The molecule has 19 heavy (non-hydrogen) atoms. The minimum absolute atomic E-state index is 0.762. The summed E-state index contributed by atoms with van der Waals surface area (Å²) in [6, 6.07) is 0. The lowest BCUT2D eigenvalue weighted by Crippen LogP contribution is -2.21. The van der Waals surface area contributed by atoms with Crippen molar-refractivity contribution >= 4 is 23.2 Å². The van der Waals surface area contributed by atoms with Gasteiger partial charge in [0, 0.05) is 19.0 Å². The van der Waals surface area contributed by atoms with Gasteiger partial charge in [-0.1, -0.05) is 24.9 Å². The van der Waals surface area contributed by atoms with Crippen LogP contribution in [0.3, 0.4) is 0 Å². The van der Waals surface area contributed by atoms with E-state index in [9.17, 15) is 0 Å². The minimum Gasteiger partial charge on any atom is -0.301 e. The van der Waals surface area contributed by atoms with Crippen molar-refractivity contribution in [2.45, 2.75) is 52.6 Å². The Labute approximate surface area is 126 Å². The summed E-state index contributed by atoms with van der Waals surface area (Å²) in [5.41, 5.74) is 2.15. The van der Waals surface area contributed by atoms with Crippen molar-refractivity contribution in [3.05, 3.63) is 16.4 Å². The van der Waals surface area contributed by atoms with E-state index in [0.717, 1.165) is 54.8 Å². The molecular weight excluding hydrogens is 281 g/mol. The molecule has 0 aliphatic heterocycles. The molecule has 0 radical (unpaired) electrons. The zero-order chi connectivity index (χ0) is 14.3. The summed E-state index contributed by atoms with van der Waals surface area (Å²) in [5, 5.41) is 5.39. The summed E-state index contributed by atoms with van der Waals surface area (Å²) >= 11 is 12.1. The average molecular weight is 306 g/mol. The maximum Gasteiger partial charge on any atom is 0.0863 e. The fourth-order valence-electron chi connectivity index (χ4n) is 2.16. The van der Waals surface area contributed by atoms with Crippen molar-refractivity contribution in [2.24, 2.45) is 0 Å². The third kappa shape index (κ3) is 4.97. The smallest absolute Gasteiger partial charge is 0.0863 e. The average Bonchev–Trinajstić information content (AvgIpc) is 2.71. The first-order valence-corrected chi connectivity index (χ1v) is 8.03. The molecule has 110 valence electrons. The highest BCUT2D eigenvalue weighted by molar-refractivity contribution is 6.31. The van der Waals surface area contributed by atoms with E-state index in [4.69, 9.17) is 23.2 Å². The summed E-state index contributed by atoms with van der Waals surface area (Å²) in [6.45, 7) is 7.00. The highest BCUT2D eigenvalue weighted by atomic mass is 35.5. The van der Waals surface area contributed by atoms with Crippen LogP contribution in [-0.2, 0) is 19.5 Å². The van der Waals surface area contributed by atoms with Crippen molar-refractivity contribution in [2.75, 3.05) is 19.5 Å². The fraction of sp³-hybridized carbons (Fsp3) is 0.786. The summed E-state index contributed by atoms with van der Waals surface area (Å²) in [6.07, 6.45) is 4.36. The Bertz CT molecular complexity index is 377. The number of hydrogen-bond acceptors (Lipinski definition) is 2. The second-order valence-electron chi connectivity index (χ2n) is 4.86. The fourth-order valence-corrected chi connectivity index (χ4v) is 2.67. The first kappa shape index (κ1) is 16.8. The van der Waals surface area contributed by atoms with E-state index in [-0.39, 0.29) is 0 Å². The van der Waals surface area contributed by atoms with E-state index in [1.165, 1.54) is 12.8 Å². The van der Waals surface area contributed by atoms with E-state index in [2.05, 4.69) is 30.9 Å². The van der Waals surface area contributed by atoms with Gasteiger partial charge in [0.25, 0.3) is 0 Å². The Morgan fingerprint density at radius 2 is 1.95 bits per heavy atom. The van der Waals surface area contributed by atoms with Crippen molar-refractivity contribution in [1.82, 2.24) is 14.7 Å². The van der Waals surface area contributed by atoms with E-state index in [0.29, 0.717) is 0 Å². The number of aromatic nitrogens is 2. The highest BCUT2D eigenvalue weighted by Crippen LogP contribution is 2.22. The third-order valence-corrected chi connectivity index (χ3v) is 3.99. The monoisotopic (exact) mass is 305 g/mol. The number of nitrogens with zero attached hydrogens (tertiary/aromatic N) is 3. The van der Waals surface area contributed by atoms with E-state index in [1.54, 1.807) is 0 Å². The van der Waals surface area contributed by atoms with Crippen LogP contribution in [0.15, 0.2) is 0 Å². The molecule has 1 rings (SSSR count). The maximum atomic E-state index is 6.41. The van der Waals surface area contributed by atoms with Crippen molar-refractivity contribution < 1.29 is 0 Å². The number of rotatable bonds is 9. The molecule has 0 unspecified atom stereocenters. The number of hydrogen-bond donors (Lipinski definition) is 0. The topological polar surface area (TPSA) is 21.1 Å². The summed E-state index contributed by atoms with van der Waals surface area (Å²) < 4.78 is 2.02. The number of halogens is 2. The third-order valence-electron chi connectivity index (χ3n) is 3.29. The van der Waals surface area contributed by atoms with Gasteiger partial charge in [-0.15, -0.1) is 11.6 Å². The molecule has 1 heterocycles. The molecular formula is C14H25Cl2N3. The minimum atomic E-state index is 0.762. The molecule has 0 amide bonds. The molecule has 0 fully saturated rings. The van der Waals surface area contributed by atoms with Gasteiger partial charge in [-0.25, -0.2) is 0 Å². The van der Waals surface area contributed by atoms with Gasteiger partial charge in [-0.05, 0) is 39.8 Å². The molecule has 5 heteroatoms. The van der Waals surface area contributed by atoms with E-state index >= 15 is 0 Å². The zero-order valence-electron chi connectivity index (χ0n) is 12.3. The van der Waals surface area contributed by atoms with Crippen molar-refractivity contribution in [1.29, 1.82) is 0 Å². The maximum absolute atomic E-state index is 6.41. The van der Waals surface area contributed by atoms with Gasteiger partial charge in [-0.2, -0.15) is 5.10 Å². The first-order valence-electron chi connectivity index (χ1n) is 7.12. The SMILES string of the molecule is CCc1nn(CC)c(CN(C)CCCCCCl)c1Cl. The molecule has 0 saturated carbocycles. The summed E-state index contributed by atoms with van der Waals surface area (Å²) in [5.74, 6) is 0.762. The summed E-state index contributed by atoms with van der Waals surface area (Å²) in [7, 11) is 2.13. The molecule has 3 nitrogen and oxygen atoms in total. The van der Waals surface area contributed by atoms with E-state index in [1.807, 2.05) is 4.68 Å². The van der Waals surface area contributed by atoms with Gasteiger partial charge < -0.3 is 4.90 Å². The molecule has 0 aliphatic carbocycles. The second-order valence-corrected chi connectivity index (χ2v) is 5.62. The lowest BCUT2D eigenvalue weighted by Gasteiger charge is -2.17. The largest absolute Gasteiger partial charge is 0.301 e. The molecule has 0 atom stereocenters. The van der Waals surface area contributed by atoms with Crippen LogP contribution in [-0.4, -0.2) is 34.2 Å². The van der Waals surface area contributed by atoms with Crippen LogP contribution >= 0.6 is 23.2 Å². The van der Waals surface area contributed by atoms with Crippen molar-refractivity contribution in [3.8, 4) is 0 Å². The molecule has 0 N–H and O–H groups in total. The van der Waals surface area contributed by atoms with Gasteiger partial charge in [0.2, 0.25) is 0 Å². The van der Waals surface area contributed by atoms with Crippen LogP contribution in [0.1, 0.15) is 44.5 Å².